The number of halogens is 3. The van der Waals surface area contributed by atoms with Gasteiger partial charge in [0.2, 0.25) is 0 Å². The van der Waals surface area contributed by atoms with E-state index in [0.717, 1.165) is 6.29 Å². The average molecular weight is 253 g/mol. The molecule has 0 N–H and O–H groups in total. The van der Waals surface area contributed by atoms with Gasteiger partial charge in [0, 0.05) is 12.0 Å². The Morgan fingerprint density at radius 1 is 1.06 bits per heavy atom. The predicted octanol–water partition coefficient (Wildman–Crippen LogP) is 3.27. The zero-order valence-corrected chi connectivity index (χ0v) is 10.8. The maximum absolute atomic E-state index is 12.4. The fourth-order valence-corrected chi connectivity index (χ4v) is 1.91. The molecule has 0 aromatic carbocycles. The second-order valence-electron chi connectivity index (χ2n) is 4.51. The van der Waals surface area contributed by atoms with E-state index in [4.69, 9.17) is 0 Å². The van der Waals surface area contributed by atoms with Crippen LogP contribution in [0.1, 0.15) is 40.0 Å². The lowest BCUT2D eigenvalue weighted by Crippen LogP contribution is -2.43. The van der Waals surface area contributed by atoms with Crippen LogP contribution in [0.2, 0.25) is 0 Å². The molecular weight excluding hydrogens is 231 g/mol. The third-order valence-corrected chi connectivity index (χ3v) is 3.14. The molecule has 0 rings (SSSR count). The van der Waals surface area contributed by atoms with Crippen LogP contribution in [-0.2, 0) is 4.79 Å². The monoisotopic (exact) mass is 253 g/mol. The topological polar surface area (TPSA) is 20.3 Å². The second kappa shape index (κ2) is 6.99. The van der Waals surface area contributed by atoms with E-state index in [1.165, 1.54) is 4.90 Å². The van der Waals surface area contributed by atoms with E-state index >= 15 is 0 Å². The minimum absolute atomic E-state index is 0.191. The summed E-state index contributed by atoms with van der Waals surface area (Å²) in [6.45, 7) is 5.15. The van der Waals surface area contributed by atoms with Gasteiger partial charge in [-0.2, -0.15) is 13.2 Å². The number of rotatable bonds is 8. The zero-order valence-electron chi connectivity index (χ0n) is 10.8. The Balaban J connectivity index is 4.66. The lowest BCUT2D eigenvalue weighted by atomic mass is 9.83. The van der Waals surface area contributed by atoms with Gasteiger partial charge in [-0.25, -0.2) is 0 Å². The molecule has 0 aliphatic rings. The molecule has 0 unspecified atom stereocenters. The highest BCUT2D eigenvalue weighted by atomic mass is 19.4. The maximum Gasteiger partial charge on any atom is 0.401 e. The average Bonchev–Trinajstić information content (AvgIpc) is 2.24. The van der Waals surface area contributed by atoms with Crippen LogP contribution in [0.15, 0.2) is 0 Å². The zero-order chi connectivity index (χ0) is 13.5. The molecule has 0 amide bonds. The normalized spacial score (nSPS) is 13.1. The number of hydrogen-bond donors (Lipinski definition) is 0. The number of nitrogens with zero attached hydrogens (tertiary/aromatic N) is 1. The Morgan fingerprint density at radius 2 is 1.59 bits per heavy atom. The Labute approximate surface area is 101 Å². The largest absolute Gasteiger partial charge is 0.401 e. The first-order valence-electron chi connectivity index (χ1n) is 6.08. The van der Waals surface area contributed by atoms with E-state index in [1.54, 1.807) is 0 Å². The second-order valence-corrected chi connectivity index (χ2v) is 4.51. The third-order valence-electron chi connectivity index (χ3n) is 3.14. The molecule has 0 radical (unpaired) electrons. The highest BCUT2D eigenvalue weighted by Gasteiger charge is 2.35. The molecule has 0 aliphatic heterocycles. The van der Waals surface area contributed by atoms with Crippen LogP contribution in [-0.4, -0.2) is 37.0 Å². The molecule has 0 aromatic heterocycles. The maximum atomic E-state index is 12.4. The van der Waals surface area contributed by atoms with Gasteiger partial charge in [0.25, 0.3) is 0 Å². The van der Waals surface area contributed by atoms with E-state index in [1.807, 2.05) is 20.8 Å². The molecule has 0 fully saturated rings. The summed E-state index contributed by atoms with van der Waals surface area (Å²) in [5, 5.41) is 0. The Morgan fingerprint density at radius 3 is 1.88 bits per heavy atom. The van der Waals surface area contributed by atoms with Gasteiger partial charge in [0.15, 0.2) is 0 Å². The number of carbonyl (C=O) groups is 1. The van der Waals surface area contributed by atoms with Crippen molar-refractivity contribution in [3.8, 4) is 0 Å². The molecule has 2 nitrogen and oxygen atoms in total. The highest BCUT2D eigenvalue weighted by molar-refractivity contribution is 5.59. The van der Waals surface area contributed by atoms with Crippen LogP contribution >= 0.6 is 0 Å². The van der Waals surface area contributed by atoms with E-state index in [9.17, 15) is 18.0 Å². The molecule has 0 atom stereocenters. The lowest BCUT2D eigenvalue weighted by Gasteiger charge is -2.33. The van der Waals surface area contributed by atoms with E-state index in [-0.39, 0.29) is 6.54 Å². The van der Waals surface area contributed by atoms with Gasteiger partial charge in [-0.15, -0.1) is 0 Å². The summed E-state index contributed by atoms with van der Waals surface area (Å²) in [5.41, 5.74) is -0.638. The van der Waals surface area contributed by atoms with Crippen molar-refractivity contribution in [2.75, 3.05) is 19.6 Å². The number of carbonyl (C=O) groups excluding carboxylic acids is 1. The number of aldehydes is 1. The summed E-state index contributed by atoms with van der Waals surface area (Å²) >= 11 is 0. The molecule has 0 spiro atoms. The smallest absolute Gasteiger partial charge is 0.303 e. The first kappa shape index (κ1) is 16.4. The first-order chi connectivity index (χ1) is 7.82. The molecule has 0 saturated carbocycles. The predicted molar refractivity (Wildman–Crippen MR) is 61.9 cm³/mol. The fourth-order valence-electron chi connectivity index (χ4n) is 1.91. The number of alkyl halides is 3. The quantitative estimate of drug-likeness (QED) is 0.619. The standard InChI is InChI=1S/C12H22F3NO/c1-4-7-16(9-12(13,14)15)8-11(5-2,6-3)10-17/h10H,4-9H2,1-3H3. The molecule has 5 heteroatoms. The van der Waals surface area contributed by atoms with Gasteiger partial charge < -0.3 is 4.79 Å². The minimum Gasteiger partial charge on any atom is -0.303 e. The molecule has 0 aliphatic carbocycles. The first-order valence-corrected chi connectivity index (χ1v) is 6.08. The van der Waals surface area contributed by atoms with Crippen molar-refractivity contribution in [2.24, 2.45) is 5.41 Å². The van der Waals surface area contributed by atoms with Crippen molar-refractivity contribution < 1.29 is 18.0 Å². The van der Waals surface area contributed by atoms with Crippen LogP contribution in [0.25, 0.3) is 0 Å². The molecule has 102 valence electrons. The molecule has 0 bridgehead atoms. The summed E-state index contributed by atoms with van der Waals surface area (Å²) < 4.78 is 37.2. The van der Waals surface area contributed by atoms with Gasteiger partial charge in [-0.05, 0) is 25.8 Å². The van der Waals surface area contributed by atoms with E-state index in [2.05, 4.69) is 0 Å². The Hall–Kier alpha value is -0.580. The van der Waals surface area contributed by atoms with Crippen LogP contribution in [0.3, 0.4) is 0 Å². The van der Waals surface area contributed by atoms with Crippen LogP contribution in [0.4, 0.5) is 13.2 Å². The molecule has 0 heterocycles. The minimum atomic E-state index is -4.20. The van der Waals surface area contributed by atoms with Crippen molar-refractivity contribution in [1.29, 1.82) is 0 Å². The van der Waals surface area contributed by atoms with Crippen molar-refractivity contribution in [3.05, 3.63) is 0 Å². The van der Waals surface area contributed by atoms with Crippen molar-refractivity contribution in [2.45, 2.75) is 46.2 Å². The number of hydrogen-bond acceptors (Lipinski definition) is 2. The van der Waals surface area contributed by atoms with Crippen LogP contribution in [0.5, 0.6) is 0 Å². The molecule has 0 aromatic rings. The van der Waals surface area contributed by atoms with Gasteiger partial charge in [0.05, 0.1) is 6.54 Å². The van der Waals surface area contributed by atoms with Crippen molar-refractivity contribution >= 4 is 6.29 Å². The molecular formula is C12H22F3NO. The third kappa shape index (κ3) is 6.05. The SMILES string of the molecule is CCCN(CC(F)(F)F)CC(C=O)(CC)CC. The van der Waals surface area contributed by atoms with Crippen LogP contribution in [0, 0.1) is 5.41 Å². The van der Waals surface area contributed by atoms with E-state index < -0.39 is 18.1 Å². The van der Waals surface area contributed by atoms with Gasteiger partial charge in [-0.3, -0.25) is 4.90 Å². The Kier molecular flexibility index (Phi) is 6.75. The summed E-state index contributed by atoms with van der Waals surface area (Å²) in [4.78, 5) is 12.4. The summed E-state index contributed by atoms with van der Waals surface area (Å²) in [6.07, 6.45) is -1.59. The molecule has 17 heavy (non-hydrogen) atoms. The summed E-state index contributed by atoms with van der Waals surface area (Å²) in [6, 6.07) is 0. The lowest BCUT2D eigenvalue weighted by molar-refractivity contribution is -0.151. The van der Waals surface area contributed by atoms with Crippen molar-refractivity contribution in [3.63, 3.8) is 0 Å². The van der Waals surface area contributed by atoms with Gasteiger partial charge >= 0.3 is 6.18 Å². The van der Waals surface area contributed by atoms with Gasteiger partial charge in [-0.1, -0.05) is 20.8 Å². The van der Waals surface area contributed by atoms with Gasteiger partial charge in [0.1, 0.15) is 6.29 Å². The van der Waals surface area contributed by atoms with E-state index in [0.29, 0.717) is 25.8 Å². The van der Waals surface area contributed by atoms with Crippen LogP contribution < -0.4 is 0 Å². The van der Waals surface area contributed by atoms with Crippen molar-refractivity contribution in [1.82, 2.24) is 4.90 Å². The summed E-state index contributed by atoms with van der Waals surface area (Å²) in [5.74, 6) is 0. The molecule has 0 saturated heterocycles. The fraction of sp³-hybridized carbons (Fsp3) is 0.917. The summed E-state index contributed by atoms with van der Waals surface area (Å²) in [7, 11) is 0. The Bertz CT molecular complexity index is 224. The highest BCUT2D eigenvalue weighted by Crippen LogP contribution is 2.27.